The summed E-state index contributed by atoms with van der Waals surface area (Å²) in [7, 11) is 0. The molecule has 1 aliphatic carbocycles. The molecule has 0 spiro atoms. The lowest BCUT2D eigenvalue weighted by Crippen LogP contribution is -2.44. The van der Waals surface area contributed by atoms with Crippen molar-refractivity contribution in [1.29, 1.82) is 0 Å². The minimum atomic E-state index is -0.143. The fourth-order valence-corrected chi connectivity index (χ4v) is 2.77. The molecule has 17 heavy (non-hydrogen) atoms. The van der Waals surface area contributed by atoms with Crippen molar-refractivity contribution < 1.29 is 14.7 Å². The van der Waals surface area contributed by atoms with Crippen LogP contribution in [0.1, 0.15) is 39.5 Å². The Labute approximate surface area is 101 Å². The van der Waals surface area contributed by atoms with Gasteiger partial charge in [-0.3, -0.25) is 14.5 Å². The van der Waals surface area contributed by atoms with Crippen LogP contribution in [0.5, 0.6) is 0 Å². The van der Waals surface area contributed by atoms with Crippen LogP contribution in [0.4, 0.5) is 0 Å². The van der Waals surface area contributed by atoms with Crippen molar-refractivity contribution in [3.63, 3.8) is 0 Å². The molecular formula is C13H19NO3. The Balaban J connectivity index is 2.14. The number of amides is 2. The predicted molar refractivity (Wildman–Crippen MR) is 63.1 cm³/mol. The molecule has 2 unspecified atom stereocenters. The molecule has 0 aromatic carbocycles. The van der Waals surface area contributed by atoms with Crippen LogP contribution in [0.15, 0.2) is 11.1 Å². The summed E-state index contributed by atoms with van der Waals surface area (Å²) in [6.07, 6.45) is 3.59. The van der Waals surface area contributed by atoms with Crippen molar-refractivity contribution in [2.24, 2.45) is 5.92 Å². The molecule has 0 bridgehead atoms. The third-order valence-electron chi connectivity index (χ3n) is 4.02. The van der Waals surface area contributed by atoms with Gasteiger partial charge in [0, 0.05) is 23.8 Å². The summed E-state index contributed by atoms with van der Waals surface area (Å²) in [6.45, 7) is 3.57. The first kappa shape index (κ1) is 12.3. The van der Waals surface area contributed by atoms with E-state index in [9.17, 15) is 14.7 Å². The first-order valence-corrected chi connectivity index (χ1v) is 6.22. The molecule has 4 nitrogen and oxygen atoms in total. The van der Waals surface area contributed by atoms with E-state index in [2.05, 4.69) is 0 Å². The largest absolute Gasteiger partial charge is 0.396 e. The number of carbonyl (C=O) groups excluding carboxylic acids is 2. The normalized spacial score (nSPS) is 30.4. The van der Waals surface area contributed by atoms with Crippen molar-refractivity contribution in [3.05, 3.63) is 11.1 Å². The highest BCUT2D eigenvalue weighted by molar-refractivity contribution is 6.18. The standard InChI is InChI=1S/C13H19NO3/c1-8-9(2)13(17)14(12(8)16)11-5-3-4-10(6-11)7-15/h10-11,15H,3-7H2,1-2H3. The Morgan fingerprint density at radius 2 is 1.76 bits per heavy atom. The highest BCUT2D eigenvalue weighted by atomic mass is 16.3. The maximum absolute atomic E-state index is 12.0. The molecule has 1 aliphatic heterocycles. The monoisotopic (exact) mass is 237 g/mol. The molecule has 0 saturated heterocycles. The molecule has 2 amide bonds. The van der Waals surface area contributed by atoms with E-state index < -0.39 is 0 Å². The predicted octanol–water partition coefficient (Wildman–Crippen LogP) is 1.24. The van der Waals surface area contributed by atoms with Crippen molar-refractivity contribution >= 4 is 11.8 Å². The molecule has 2 rings (SSSR count). The van der Waals surface area contributed by atoms with Crippen LogP contribution in [0.2, 0.25) is 0 Å². The SMILES string of the molecule is CC1=C(C)C(=O)N(C2CCCC(CO)C2)C1=O. The Kier molecular flexibility index (Phi) is 3.33. The maximum atomic E-state index is 12.0. The lowest BCUT2D eigenvalue weighted by molar-refractivity contribution is -0.141. The van der Waals surface area contributed by atoms with E-state index in [1.54, 1.807) is 13.8 Å². The summed E-state index contributed by atoms with van der Waals surface area (Å²) >= 11 is 0. The van der Waals surface area contributed by atoms with Crippen LogP contribution in [-0.2, 0) is 9.59 Å². The Bertz CT molecular complexity index is 362. The van der Waals surface area contributed by atoms with Crippen LogP contribution in [-0.4, -0.2) is 34.5 Å². The molecule has 0 radical (unpaired) electrons. The number of nitrogens with zero attached hydrogens (tertiary/aromatic N) is 1. The number of aliphatic hydroxyl groups is 1. The van der Waals surface area contributed by atoms with Crippen molar-refractivity contribution in [2.75, 3.05) is 6.61 Å². The fourth-order valence-electron chi connectivity index (χ4n) is 2.77. The number of aliphatic hydroxyl groups excluding tert-OH is 1. The lowest BCUT2D eigenvalue weighted by Gasteiger charge is -2.33. The molecule has 1 fully saturated rings. The van der Waals surface area contributed by atoms with Crippen molar-refractivity contribution in [3.8, 4) is 0 Å². The zero-order valence-electron chi connectivity index (χ0n) is 10.4. The number of imide groups is 1. The van der Waals surface area contributed by atoms with Crippen molar-refractivity contribution in [2.45, 2.75) is 45.6 Å². The van der Waals surface area contributed by atoms with Gasteiger partial charge in [0.05, 0.1) is 0 Å². The fraction of sp³-hybridized carbons (Fsp3) is 0.692. The van der Waals surface area contributed by atoms with Gasteiger partial charge < -0.3 is 5.11 Å². The minimum Gasteiger partial charge on any atom is -0.396 e. The third kappa shape index (κ3) is 2.02. The average Bonchev–Trinajstić information content (AvgIpc) is 2.54. The Morgan fingerprint density at radius 1 is 1.18 bits per heavy atom. The van der Waals surface area contributed by atoms with Crippen LogP contribution < -0.4 is 0 Å². The second kappa shape index (κ2) is 4.61. The van der Waals surface area contributed by atoms with E-state index >= 15 is 0 Å². The number of hydrogen-bond acceptors (Lipinski definition) is 3. The van der Waals surface area contributed by atoms with Crippen LogP contribution in [0.3, 0.4) is 0 Å². The summed E-state index contributed by atoms with van der Waals surface area (Å²) in [5.41, 5.74) is 1.14. The van der Waals surface area contributed by atoms with Gasteiger partial charge in [0.2, 0.25) is 0 Å². The first-order chi connectivity index (χ1) is 8.06. The molecule has 1 N–H and O–H groups in total. The van der Waals surface area contributed by atoms with Gasteiger partial charge in [-0.05, 0) is 39.0 Å². The second-order valence-electron chi connectivity index (χ2n) is 5.10. The van der Waals surface area contributed by atoms with E-state index in [0.29, 0.717) is 11.1 Å². The molecule has 0 aromatic heterocycles. The second-order valence-corrected chi connectivity index (χ2v) is 5.10. The minimum absolute atomic E-state index is 0.0201. The maximum Gasteiger partial charge on any atom is 0.257 e. The smallest absolute Gasteiger partial charge is 0.257 e. The van der Waals surface area contributed by atoms with Gasteiger partial charge in [0.25, 0.3) is 11.8 Å². The molecule has 2 aliphatic rings. The molecule has 4 heteroatoms. The number of rotatable bonds is 2. The first-order valence-electron chi connectivity index (χ1n) is 6.22. The van der Waals surface area contributed by atoms with Gasteiger partial charge in [-0.2, -0.15) is 0 Å². The molecule has 1 saturated carbocycles. The van der Waals surface area contributed by atoms with E-state index in [-0.39, 0.29) is 30.4 Å². The van der Waals surface area contributed by atoms with Crippen LogP contribution in [0, 0.1) is 5.92 Å². The van der Waals surface area contributed by atoms with Gasteiger partial charge in [-0.1, -0.05) is 6.42 Å². The molecular weight excluding hydrogens is 218 g/mol. The summed E-state index contributed by atoms with van der Waals surface area (Å²) in [5, 5.41) is 9.19. The molecule has 94 valence electrons. The van der Waals surface area contributed by atoms with Gasteiger partial charge in [0.1, 0.15) is 0 Å². The summed E-state index contributed by atoms with van der Waals surface area (Å²) < 4.78 is 0. The van der Waals surface area contributed by atoms with Gasteiger partial charge in [0.15, 0.2) is 0 Å². The number of hydrogen-bond donors (Lipinski definition) is 1. The van der Waals surface area contributed by atoms with Gasteiger partial charge in [-0.25, -0.2) is 0 Å². The summed E-state index contributed by atoms with van der Waals surface area (Å²) in [6, 6.07) is -0.0201. The third-order valence-corrected chi connectivity index (χ3v) is 4.02. The van der Waals surface area contributed by atoms with Crippen molar-refractivity contribution in [1.82, 2.24) is 4.90 Å². The van der Waals surface area contributed by atoms with Crippen LogP contribution in [0.25, 0.3) is 0 Å². The summed E-state index contributed by atoms with van der Waals surface area (Å²) in [5.74, 6) is -0.0530. The topological polar surface area (TPSA) is 57.6 Å². The Morgan fingerprint density at radius 3 is 2.29 bits per heavy atom. The quantitative estimate of drug-likeness (QED) is 0.735. The molecule has 2 atom stereocenters. The lowest BCUT2D eigenvalue weighted by atomic mass is 9.85. The highest BCUT2D eigenvalue weighted by Crippen LogP contribution is 2.32. The van der Waals surface area contributed by atoms with E-state index in [4.69, 9.17) is 0 Å². The Hall–Kier alpha value is -1.16. The number of carbonyl (C=O) groups is 2. The molecule has 0 aromatic rings. The van der Waals surface area contributed by atoms with E-state index in [1.807, 2.05) is 0 Å². The van der Waals surface area contributed by atoms with E-state index in [0.717, 1.165) is 25.7 Å². The van der Waals surface area contributed by atoms with E-state index in [1.165, 1.54) is 4.90 Å². The van der Waals surface area contributed by atoms with Gasteiger partial charge in [-0.15, -0.1) is 0 Å². The zero-order chi connectivity index (χ0) is 12.6. The van der Waals surface area contributed by atoms with Crippen LogP contribution >= 0.6 is 0 Å². The summed E-state index contributed by atoms with van der Waals surface area (Å²) in [4.78, 5) is 25.4. The zero-order valence-corrected chi connectivity index (χ0v) is 10.4. The highest BCUT2D eigenvalue weighted by Gasteiger charge is 2.39. The van der Waals surface area contributed by atoms with Gasteiger partial charge >= 0.3 is 0 Å². The average molecular weight is 237 g/mol. The molecule has 1 heterocycles.